The highest BCUT2D eigenvalue weighted by molar-refractivity contribution is 5.96. The molecule has 0 aliphatic carbocycles. The Bertz CT molecular complexity index is 1480. The summed E-state index contributed by atoms with van der Waals surface area (Å²) in [4.78, 5) is 16.6. The Morgan fingerprint density at radius 1 is 0.846 bits per heavy atom. The zero-order valence-electron chi connectivity index (χ0n) is 21.2. The number of nitrogens with zero attached hydrogens (tertiary/aromatic N) is 2. The molecule has 0 saturated carbocycles. The number of aromatic hydroxyl groups is 2. The van der Waals surface area contributed by atoms with Crippen LogP contribution in [-0.4, -0.2) is 39.3 Å². The van der Waals surface area contributed by atoms with E-state index in [0.29, 0.717) is 34.4 Å². The zero-order valence-corrected chi connectivity index (χ0v) is 21.2. The molecule has 0 spiro atoms. The summed E-state index contributed by atoms with van der Waals surface area (Å²) in [5, 5.41) is 31.8. The fourth-order valence-corrected chi connectivity index (χ4v) is 5.22. The number of carbonyl (C=O) groups excluding carboxylic acids is 1. The van der Waals surface area contributed by atoms with Gasteiger partial charge in [-0.25, -0.2) is 13.6 Å². The number of anilines is 1. The summed E-state index contributed by atoms with van der Waals surface area (Å²) in [7, 11) is 1.66. The maximum atomic E-state index is 13.7. The van der Waals surface area contributed by atoms with E-state index in [1.165, 1.54) is 53.4 Å². The Labute approximate surface area is 225 Å². The normalized spacial score (nSPS) is 18.0. The van der Waals surface area contributed by atoms with Gasteiger partial charge in [0.15, 0.2) is 0 Å². The third-order valence-electron chi connectivity index (χ3n) is 7.27. The van der Waals surface area contributed by atoms with E-state index >= 15 is 0 Å². The molecule has 3 N–H and O–H groups in total. The van der Waals surface area contributed by atoms with Crippen LogP contribution in [0.1, 0.15) is 36.1 Å². The van der Waals surface area contributed by atoms with Crippen LogP contribution in [0.2, 0.25) is 0 Å². The number of hydrogen-bond acceptors (Lipinski definition) is 4. The smallest absolute Gasteiger partial charge is 0.325 e. The molecule has 1 unspecified atom stereocenters. The summed E-state index contributed by atoms with van der Waals surface area (Å²) in [5.74, 6) is -0.777. The summed E-state index contributed by atoms with van der Waals surface area (Å²) in [6, 6.07) is 21.6. The lowest BCUT2D eigenvalue weighted by atomic mass is 9.91. The highest BCUT2D eigenvalue weighted by Crippen LogP contribution is 2.44. The van der Waals surface area contributed by atoms with Crippen LogP contribution in [0.3, 0.4) is 0 Å². The van der Waals surface area contributed by atoms with Crippen LogP contribution in [0.5, 0.6) is 11.5 Å². The number of aliphatic hydroxyl groups excluding tert-OH is 1. The lowest BCUT2D eigenvalue weighted by molar-refractivity contribution is 0.148. The zero-order chi connectivity index (χ0) is 27.7. The van der Waals surface area contributed by atoms with Gasteiger partial charge in [0, 0.05) is 18.3 Å². The summed E-state index contributed by atoms with van der Waals surface area (Å²) in [6.07, 6.45) is -0.225. The molecule has 3 atom stereocenters. The van der Waals surface area contributed by atoms with Gasteiger partial charge in [0.1, 0.15) is 23.1 Å². The average molecular weight is 531 g/mol. The van der Waals surface area contributed by atoms with Gasteiger partial charge in [0.25, 0.3) is 0 Å². The summed E-state index contributed by atoms with van der Waals surface area (Å²) in [5.41, 5.74) is 2.92. The molecule has 1 saturated heterocycles. The number of phenolic OH excluding ortho intramolecular Hbond substituents is 2. The molecule has 5 rings (SSSR count). The first-order valence-electron chi connectivity index (χ1n) is 12.6. The van der Waals surface area contributed by atoms with Crippen molar-refractivity contribution in [2.24, 2.45) is 0 Å². The molecule has 2 amide bonds. The molecule has 1 fully saturated rings. The van der Waals surface area contributed by atoms with Gasteiger partial charge in [0.2, 0.25) is 0 Å². The van der Waals surface area contributed by atoms with Crippen LogP contribution in [0, 0.1) is 11.6 Å². The Hall–Kier alpha value is -4.43. The minimum Gasteiger partial charge on any atom is -0.508 e. The molecule has 0 bridgehead atoms. The second kappa shape index (κ2) is 10.7. The number of likely N-dealkylation sites (N-methyl/N-ethyl adjacent to an activating group) is 1. The van der Waals surface area contributed by atoms with Crippen molar-refractivity contribution in [2.45, 2.75) is 31.0 Å². The van der Waals surface area contributed by atoms with Crippen molar-refractivity contribution in [1.29, 1.82) is 0 Å². The Kier molecular flexibility index (Phi) is 7.21. The number of benzene rings is 4. The largest absolute Gasteiger partial charge is 0.508 e. The highest BCUT2D eigenvalue weighted by atomic mass is 19.1. The molecule has 0 radical (unpaired) electrons. The van der Waals surface area contributed by atoms with Crippen molar-refractivity contribution in [3.63, 3.8) is 0 Å². The van der Waals surface area contributed by atoms with Gasteiger partial charge in [-0.1, -0.05) is 36.4 Å². The monoisotopic (exact) mass is 530 g/mol. The molecule has 1 aliphatic heterocycles. The van der Waals surface area contributed by atoms with E-state index in [-0.39, 0.29) is 24.0 Å². The van der Waals surface area contributed by atoms with Gasteiger partial charge in [-0.15, -0.1) is 0 Å². The predicted octanol–water partition coefficient (Wildman–Crippen LogP) is 6.54. The van der Waals surface area contributed by atoms with E-state index in [0.717, 1.165) is 0 Å². The first kappa shape index (κ1) is 26.2. The van der Waals surface area contributed by atoms with E-state index in [9.17, 15) is 28.9 Å². The molecule has 4 aromatic carbocycles. The van der Waals surface area contributed by atoms with E-state index in [1.54, 1.807) is 48.3 Å². The number of rotatable bonds is 7. The minimum absolute atomic E-state index is 0.0415. The van der Waals surface area contributed by atoms with Crippen molar-refractivity contribution in [3.05, 3.63) is 114 Å². The quantitative estimate of drug-likeness (QED) is 0.253. The SMILES string of the molecule is CN1C(=O)N(c2ccc(F)cc2)[C@H](c2ccc(-c3cccc(O)c3)cc2O)[C@H]1CCC(O)c1ccc(F)cc1. The maximum Gasteiger partial charge on any atom is 0.325 e. The van der Waals surface area contributed by atoms with Crippen LogP contribution in [0.25, 0.3) is 11.1 Å². The van der Waals surface area contributed by atoms with Gasteiger partial charge >= 0.3 is 6.03 Å². The van der Waals surface area contributed by atoms with E-state index in [1.807, 2.05) is 6.07 Å². The molecule has 200 valence electrons. The van der Waals surface area contributed by atoms with Gasteiger partial charge in [-0.3, -0.25) is 4.90 Å². The first-order chi connectivity index (χ1) is 18.7. The average Bonchev–Trinajstić information content (AvgIpc) is 3.17. The van der Waals surface area contributed by atoms with Crippen LogP contribution >= 0.6 is 0 Å². The third kappa shape index (κ3) is 5.28. The van der Waals surface area contributed by atoms with Crippen LogP contribution < -0.4 is 4.90 Å². The Morgan fingerprint density at radius 2 is 1.49 bits per heavy atom. The van der Waals surface area contributed by atoms with E-state index < -0.39 is 29.8 Å². The van der Waals surface area contributed by atoms with Crippen molar-refractivity contribution < 1.29 is 28.9 Å². The molecular weight excluding hydrogens is 502 g/mol. The van der Waals surface area contributed by atoms with Crippen molar-refractivity contribution >= 4 is 11.7 Å². The summed E-state index contributed by atoms with van der Waals surface area (Å²) in [6.45, 7) is 0. The van der Waals surface area contributed by atoms with Crippen molar-refractivity contribution in [3.8, 4) is 22.6 Å². The van der Waals surface area contributed by atoms with Crippen LogP contribution in [-0.2, 0) is 0 Å². The highest BCUT2D eigenvalue weighted by Gasteiger charge is 2.46. The summed E-state index contributed by atoms with van der Waals surface area (Å²) < 4.78 is 27.1. The second-order valence-electron chi connectivity index (χ2n) is 9.72. The lowest BCUT2D eigenvalue weighted by Crippen LogP contribution is -2.31. The van der Waals surface area contributed by atoms with E-state index in [2.05, 4.69) is 0 Å². The number of halogens is 2. The molecule has 1 aliphatic rings. The Balaban J connectivity index is 1.51. The molecule has 1 heterocycles. The standard InChI is InChI=1S/C31H28F2N2O4/c1-34-27(15-16-28(37)19-5-8-22(32)9-6-19)30(35(31(34)39)24-12-10-23(33)11-13-24)26-14-7-21(18-29(26)38)20-3-2-4-25(36)17-20/h2-14,17-18,27-28,30,36-38H,15-16H2,1H3/t27-,28?,30-/m1/s1. The van der Waals surface area contributed by atoms with Crippen LogP contribution in [0.15, 0.2) is 91.0 Å². The number of carbonyl (C=O) groups is 1. The lowest BCUT2D eigenvalue weighted by Gasteiger charge is -2.29. The van der Waals surface area contributed by atoms with Gasteiger partial charge in [0.05, 0.1) is 18.2 Å². The molecule has 4 aromatic rings. The van der Waals surface area contributed by atoms with Gasteiger partial charge in [-0.2, -0.15) is 0 Å². The fraction of sp³-hybridized carbons (Fsp3) is 0.194. The molecule has 0 aromatic heterocycles. The molecule has 8 heteroatoms. The first-order valence-corrected chi connectivity index (χ1v) is 12.6. The number of phenols is 2. The Morgan fingerprint density at radius 3 is 2.13 bits per heavy atom. The minimum atomic E-state index is -0.878. The van der Waals surface area contributed by atoms with Crippen molar-refractivity contribution in [2.75, 3.05) is 11.9 Å². The maximum absolute atomic E-state index is 13.7. The predicted molar refractivity (Wildman–Crippen MR) is 144 cm³/mol. The third-order valence-corrected chi connectivity index (χ3v) is 7.27. The van der Waals surface area contributed by atoms with Crippen molar-refractivity contribution in [1.82, 2.24) is 4.90 Å². The second-order valence-corrected chi connectivity index (χ2v) is 9.72. The van der Waals surface area contributed by atoms with Gasteiger partial charge < -0.3 is 20.2 Å². The van der Waals surface area contributed by atoms with Crippen LogP contribution in [0.4, 0.5) is 19.3 Å². The topological polar surface area (TPSA) is 84.2 Å². The van der Waals surface area contributed by atoms with Gasteiger partial charge in [-0.05, 0) is 84.1 Å². The molecular formula is C31H28F2N2O4. The molecule has 39 heavy (non-hydrogen) atoms. The number of urea groups is 1. The van der Waals surface area contributed by atoms with E-state index in [4.69, 9.17) is 0 Å². The number of aliphatic hydroxyl groups is 1. The number of hydrogen-bond donors (Lipinski definition) is 3. The molecule has 6 nitrogen and oxygen atoms in total. The summed E-state index contributed by atoms with van der Waals surface area (Å²) >= 11 is 0. The fourth-order valence-electron chi connectivity index (χ4n) is 5.22. The number of amides is 2.